The van der Waals surface area contributed by atoms with Gasteiger partial charge < -0.3 is 5.32 Å². The summed E-state index contributed by atoms with van der Waals surface area (Å²) >= 11 is 2.71. The maximum absolute atomic E-state index is 12.8. The second-order valence-electron chi connectivity index (χ2n) is 6.84. The summed E-state index contributed by atoms with van der Waals surface area (Å²) in [6.45, 7) is 2.08. The van der Waals surface area contributed by atoms with Gasteiger partial charge in [-0.1, -0.05) is 61.2 Å². The largest absolute Gasteiger partial charge is 0.325 e. The number of hydrogen-bond acceptors (Lipinski definition) is 5. The number of hydrogen-bond donors (Lipinski definition) is 1. The van der Waals surface area contributed by atoms with Crippen molar-refractivity contribution in [2.75, 3.05) is 11.1 Å². The average molecular weight is 436 g/mol. The van der Waals surface area contributed by atoms with E-state index in [4.69, 9.17) is 0 Å². The number of carbonyl (C=O) groups excluding carboxylic acids is 1. The lowest BCUT2D eigenvalue weighted by atomic mass is 10.1. The molecule has 4 rings (SSSR count). The first-order valence-corrected chi connectivity index (χ1v) is 11.4. The second-order valence-corrected chi connectivity index (χ2v) is 8.84. The molecule has 2 aromatic heterocycles. The molecule has 0 fully saturated rings. The van der Waals surface area contributed by atoms with Gasteiger partial charge in [0.15, 0.2) is 5.16 Å². The fourth-order valence-corrected chi connectivity index (χ4v) is 4.95. The fourth-order valence-electron chi connectivity index (χ4n) is 3.10. The molecule has 0 aliphatic heterocycles. The summed E-state index contributed by atoms with van der Waals surface area (Å²) in [5.74, 6) is 0.0514. The lowest BCUT2D eigenvalue weighted by molar-refractivity contribution is -0.113. The highest BCUT2D eigenvalue weighted by Gasteiger charge is 2.14. The minimum Gasteiger partial charge on any atom is -0.325 e. The molecule has 30 heavy (non-hydrogen) atoms. The molecule has 1 amide bonds. The molecule has 152 valence electrons. The van der Waals surface area contributed by atoms with Crippen molar-refractivity contribution in [2.24, 2.45) is 7.05 Å². The molecule has 4 aromatic rings. The van der Waals surface area contributed by atoms with Gasteiger partial charge in [-0.2, -0.15) is 0 Å². The summed E-state index contributed by atoms with van der Waals surface area (Å²) in [5, 5.41) is 3.44. The van der Waals surface area contributed by atoms with Crippen LogP contribution in [0.3, 0.4) is 0 Å². The third-order valence-corrected chi connectivity index (χ3v) is 6.92. The molecule has 2 heterocycles. The van der Waals surface area contributed by atoms with Gasteiger partial charge in [-0.15, -0.1) is 11.3 Å². The quantitative estimate of drug-likeness (QED) is 0.344. The summed E-state index contributed by atoms with van der Waals surface area (Å²) in [4.78, 5) is 30.9. The number of thioether (sulfide) groups is 1. The Balaban J connectivity index is 1.53. The zero-order chi connectivity index (χ0) is 21.1. The maximum Gasteiger partial charge on any atom is 0.271 e. The van der Waals surface area contributed by atoms with Crippen molar-refractivity contribution in [1.82, 2.24) is 9.55 Å². The van der Waals surface area contributed by atoms with Crippen LogP contribution in [0, 0.1) is 0 Å². The first-order valence-electron chi connectivity index (χ1n) is 9.62. The van der Waals surface area contributed by atoms with Crippen molar-refractivity contribution >= 4 is 44.9 Å². The molecule has 2 aromatic carbocycles. The number of fused-ring (bicyclic) bond motifs is 1. The molecule has 0 atom stereocenters. The smallest absolute Gasteiger partial charge is 0.271 e. The predicted octanol–water partition coefficient (Wildman–Crippen LogP) is 4.96. The summed E-state index contributed by atoms with van der Waals surface area (Å²) in [5.41, 5.74) is 3.58. The number of carbonyl (C=O) groups is 1. The molecule has 1 N–H and O–H groups in total. The van der Waals surface area contributed by atoms with Crippen molar-refractivity contribution < 1.29 is 4.79 Å². The lowest BCUT2D eigenvalue weighted by Gasteiger charge is -2.08. The van der Waals surface area contributed by atoms with Crippen molar-refractivity contribution in [1.29, 1.82) is 0 Å². The predicted molar refractivity (Wildman–Crippen MR) is 125 cm³/mol. The molecule has 0 saturated heterocycles. The van der Waals surface area contributed by atoms with E-state index in [1.165, 1.54) is 33.2 Å². The van der Waals surface area contributed by atoms with Crippen LogP contribution in [0.25, 0.3) is 20.7 Å². The van der Waals surface area contributed by atoms with Crippen molar-refractivity contribution in [3.8, 4) is 10.4 Å². The number of nitrogens with zero attached hydrogens (tertiary/aromatic N) is 2. The Labute approximate surface area is 182 Å². The number of nitrogens with one attached hydrogen (secondary N) is 1. The number of anilines is 1. The maximum atomic E-state index is 12.8. The number of aryl methyl sites for hydroxylation is 1. The molecular weight excluding hydrogens is 414 g/mol. The van der Waals surface area contributed by atoms with Gasteiger partial charge in [0.25, 0.3) is 5.56 Å². The molecule has 0 aliphatic carbocycles. The van der Waals surface area contributed by atoms with E-state index in [1.807, 2.05) is 60.7 Å². The molecule has 0 unspecified atom stereocenters. The Morgan fingerprint density at radius 2 is 1.93 bits per heavy atom. The van der Waals surface area contributed by atoms with E-state index in [-0.39, 0.29) is 17.2 Å². The average Bonchev–Trinajstić information content (AvgIpc) is 3.20. The topological polar surface area (TPSA) is 64.0 Å². The molecule has 0 aliphatic rings. The van der Waals surface area contributed by atoms with E-state index in [1.54, 1.807) is 7.05 Å². The lowest BCUT2D eigenvalue weighted by Crippen LogP contribution is -2.20. The number of rotatable bonds is 6. The van der Waals surface area contributed by atoms with Crippen molar-refractivity contribution in [3.05, 3.63) is 76.6 Å². The van der Waals surface area contributed by atoms with Crippen LogP contribution in [-0.4, -0.2) is 21.2 Å². The molecule has 0 saturated carbocycles. The van der Waals surface area contributed by atoms with Gasteiger partial charge in [-0.25, -0.2) is 4.98 Å². The van der Waals surface area contributed by atoms with Gasteiger partial charge in [-0.05, 0) is 35.7 Å². The van der Waals surface area contributed by atoms with Crippen LogP contribution in [-0.2, 0) is 18.3 Å². The molecule has 0 bridgehead atoms. The fraction of sp³-hybridized carbons (Fsp3) is 0.174. The van der Waals surface area contributed by atoms with Crippen LogP contribution in [0.2, 0.25) is 0 Å². The van der Waals surface area contributed by atoms with E-state index in [0.717, 1.165) is 22.5 Å². The monoisotopic (exact) mass is 435 g/mol. The van der Waals surface area contributed by atoms with Crippen molar-refractivity contribution in [3.63, 3.8) is 0 Å². The first kappa shape index (κ1) is 20.4. The molecule has 7 heteroatoms. The molecule has 0 spiro atoms. The Hall–Kier alpha value is -2.90. The van der Waals surface area contributed by atoms with Crippen LogP contribution >= 0.6 is 23.1 Å². The van der Waals surface area contributed by atoms with Crippen LogP contribution in [0.1, 0.15) is 12.5 Å². The van der Waals surface area contributed by atoms with Gasteiger partial charge in [0.05, 0.1) is 11.3 Å². The minimum absolute atomic E-state index is 0.0919. The summed E-state index contributed by atoms with van der Waals surface area (Å²) < 4.78 is 2.14. The van der Waals surface area contributed by atoms with Gasteiger partial charge >= 0.3 is 0 Å². The van der Waals surface area contributed by atoms with Crippen LogP contribution in [0.15, 0.2) is 70.6 Å². The molecular formula is C23H21N3O2S2. The number of amides is 1. The summed E-state index contributed by atoms with van der Waals surface area (Å²) in [7, 11) is 1.70. The van der Waals surface area contributed by atoms with Crippen molar-refractivity contribution in [2.45, 2.75) is 18.5 Å². The second kappa shape index (κ2) is 8.85. The van der Waals surface area contributed by atoms with E-state index in [9.17, 15) is 9.59 Å². The van der Waals surface area contributed by atoms with Gasteiger partial charge in [0, 0.05) is 17.6 Å². The number of benzene rings is 2. The Kier molecular flexibility index (Phi) is 6.01. The first-order chi connectivity index (χ1) is 14.5. The summed E-state index contributed by atoms with van der Waals surface area (Å²) in [6.07, 6.45) is 0.913. The number of thiophene rings is 1. The van der Waals surface area contributed by atoms with E-state index >= 15 is 0 Å². The highest BCUT2D eigenvalue weighted by molar-refractivity contribution is 7.99. The van der Waals surface area contributed by atoms with E-state index in [0.29, 0.717) is 15.4 Å². The van der Waals surface area contributed by atoms with Gasteiger partial charge in [0.2, 0.25) is 5.91 Å². The Morgan fingerprint density at radius 1 is 1.13 bits per heavy atom. The standard InChI is InChI=1S/C23H21N3O2S2/c1-3-15-8-7-11-17(12-15)24-20(27)14-29-23-25-18-13-19(16-9-5-4-6-10-16)30-21(18)22(28)26(23)2/h4-13H,3,14H2,1-2H3,(H,24,27). The third kappa shape index (κ3) is 4.32. The third-order valence-electron chi connectivity index (χ3n) is 4.72. The zero-order valence-electron chi connectivity index (χ0n) is 16.7. The van der Waals surface area contributed by atoms with E-state index < -0.39 is 0 Å². The SMILES string of the molecule is CCc1cccc(NC(=O)CSc2nc3cc(-c4ccccc4)sc3c(=O)n2C)c1. The molecule has 5 nitrogen and oxygen atoms in total. The van der Waals surface area contributed by atoms with Gasteiger partial charge in [0.1, 0.15) is 4.70 Å². The minimum atomic E-state index is -0.127. The van der Waals surface area contributed by atoms with Crippen LogP contribution in [0.5, 0.6) is 0 Å². The van der Waals surface area contributed by atoms with Crippen LogP contribution < -0.4 is 10.9 Å². The number of aromatic nitrogens is 2. The Bertz CT molecular complexity index is 1260. The normalized spacial score (nSPS) is 11.0. The van der Waals surface area contributed by atoms with Crippen LogP contribution in [0.4, 0.5) is 5.69 Å². The summed E-state index contributed by atoms with van der Waals surface area (Å²) in [6, 6.07) is 19.7. The van der Waals surface area contributed by atoms with E-state index in [2.05, 4.69) is 17.2 Å². The Morgan fingerprint density at radius 3 is 2.70 bits per heavy atom. The van der Waals surface area contributed by atoms with Gasteiger partial charge in [-0.3, -0.25) is 14.2 Å². The zero-order valence-corrected chi connectivity index (χ0v) is 18.3. The highest BCUT2D eigenvalue weighted by Crippen LogP contribution is 2.31. The molecule has 0 radical (unpaired) electrons. The highest BCUT2D eigenvalue weighted by atomic mass is 32.2.